The average molecular weight is 290 g/mol. The number of nitrogens with zero attached hydrogens (tertiary/aromatic N) is 3. The molecule has 1 heterocycles. The zero-order chi connectivity index (χ0) is 15.2. The molecular weight excluding hydrogens is 272 g/mol. The summed E-state index contributed by atoms with van der Waals surface area (Å²) in [5.74, 6) is 1.28. The fraction of sp³-hybridized carbons (Fsp3) is 0.357. The molecule has 0 saturated carbocycles. The van der Waals surface area contributed by atoms with Crippen LogP contribution in [-0.4, -0.2) is 28.1 Å². The Kier molecular flexibility index (Phi) is 4.89. The van der Waals surface area contributed by atoms with Crippen molar-refractivity contribution >= 4 is 5.69 Å². The number of hydrogen-bond acceptors (Lipinski definition) is 5. The molecule has 0 atom stereocenters. The van der Waals surface area contributed by atoms with E-state index in [1.54, 1.807) is 12.3 Å². The second-order valence-electron chi connectivity index (χ2n) is 4.64. The molecule has 2 aromatic rings. The molecule has 1 aromatic heterocycles. The normalized spacial score (nSPS) is 10.6. The van der Waals surface area contributed by atoms with Crippen LogP contribution in [0.3, 0.4) is 0 Å². The fourth-order valence-corrected chi connectivity index (χ4v) is 2.06. The number of nitro benzene ring substituents is 1. The van der Waals surface area contributed by atoms with Crippen LogP contribution in [0.15, 0.2) is 30.6 Å². The highest BCUT2D eigenvalue weighted by molar-refractivity contribution is 5.48. The van der Waals surface area contributed by atoms with E-state index >= 15 is 0 Å². The summed E-state index contributed by atoms with van der Waals surface area (Å²) in [6, 6.07) is 4.97. The van der Waals surface area contributed by atoms with Crippen molar-refractivity contribution in [2.24, 2.45) is 7.05 Å². The Morgan fingerprint density at radius 1 is 1.48 bits per heavy atom. The minimum Gasteiger partial charge on any atom is -0.490 e. The highest BCUT2D eigenvalue weighted by atomic mass is 16.6. The number of nitrogens with one attached hydrogen (secondary N) is 1. The Morgan fingerprint density at radius 2 is 2.29 bits per heavy atom. The van der Waals surface area contributed by atoms with Crippen LogP contribution in [0.1, 0.15) is 11.4 Å². The van der Waals surface area contributed by atoms with E-state index in [9.17, 15) is 10.1 Å². The van der Waals surface area contributed by atoms with Crippen molar-refractivity contribution in [3.63, 3.8) is 0 Å². The SMILES string of the molecule is COc1ccc(CNCCc2nccn2C)cc1[N+](=O)[O-]. The van der Waals surface area contributed by atoms with Gasteiger partial charge in [0.1, 0.15) is 5.82 Å². The van der Waals surface area contributed by atoms with Crippen molar-refractivity contribution in [1.29, 1.82) is 0 Å². The van der Waals surface area contributed by atoms with E-state index in [2.05, 4.69) is 10.3 Å². The highest BCUT2D eigenvalue weighted by Gasteiger charge is 2.14. The monoisotopic (exact) mass is 290 g/mol. The van der Waals surface area contributed by atoms with Crippen LogP contribution in [0.5, 0.6) is 5.75 Å². The Bertz CT molecular complexity index is 624. The summed E-state index contributed by atoms with van der Waals surface area (Å²) in [6.45, 7) is 1.32. The maximum absolute atomic E-state index is 10.9. The van der Waals surface area contributed by atoms with Crippen molar-refractivity contribution in [3.8, 4) is 5.75 Å². The lowest BCUT2D eigenvalue weighted by atomic mass is 10.2. The van der Waals surface area contributed by atoms with Crippen LogP contribution < -0.4 is 10.1 Å². The Labute approximate surface area is 122 Å². The van der Waals surface area contributed by atoms with Crippen LogP contribution in [0.2, 0.25) is 0 Å². The smallest absolute Gasteiger partial charge is 0.311 e. The van der Waals surface area contributed by atoms with Gasteiger partial charge in [0.2, 0.25) is 0 Å². The second kappa shape index (κ2) is 6.85. The largest absolute Gasteiger partial charge is 0.490 e. The van der Waals surface area contributed by atoms with Crippen LogP contribution >= 0.6 is 0 Å². The number of aromatic nitrogens is 2. The van der Waals surface area contributed by atoms with Crippen LogP contribution in [0, 0.1) is 10.1 Å². The number of nitro groups is 1. The van der Waals surface area contributed by atoms with Gasteiger partial charge < -0.3 is 14.6 Å². The van der Waals surface area contributed by atoms with Gasteiger partial charge in [-0.2, -0.15) is 0 Å². The quantitative estimate of drug-likeness (QED) is 0.476. The molecule has 0 amide bonds. The third kappa shape index (κ3) is 3.79. The first kappa shape index (κ1) is 15.0. The first-order valence-corrected chi connectivity index (χ1v) is 6.60. The van der Waals surface area contributed by atoms with E-state index < -0.39 is 4.92 Å². The zero-order valence-electron chi connectivity index (χ0n) is 12.1. The van der Waals surface area contributed by atoms with Crippen LogP contribution in [0.25, 0.3) is 0 Å². The molecule has 0 aliphatic heterocycles. The Balaban J connectivity index is 1.90. The van der Waals surface area contributed by atoms with Gasteiger partial charge >= 0.3 is 5.69 Å². The minimum atomic E-state index is -0.434. The van der Waals surface area contributed by atoms with Gasteiger partial charge in [0.05, 0.1) is 12.0 Å². The number of aryl methyl sites for hydroxylation is 1. The van der Waals surface area contributed by atoms with Crippen LogP contribution in [0.4, 0.5) is 5.69 Å². The average Bonchev–Trinajstić information content (AvgIpc) is 2.88. The molecule has 0 aliphatic carbocycles. The molecule has 0 bridgehead atoms. The van der Waals surface area contributed by atoms with Gasteiger partial charge in [0.25, 0.3) is 0 Å². The van der Waals surface area contributed by atoms with E-state index in [1.807, 2.05) is 23.9 Å². The molecule has 7 nitrogen and oxygen atoms in total. The molecule has 0 unspecified atom stereocenters. The van der Waals surface area contributed by atoms with Gasteiger partial charge in [-0.25, -0.2) is 4.98 Å². The molecule has 2 rings (SSSR count). The summed E-state index contributed by atoms with van der Waals surface area (Å²) in [5.41, 5.74) is 0.836. The second-order valence-corrected chi connectivity index (χ2v) is 4.64. The number of hydrogen-bond donors (Lipinski definition) is 1. The minimum absolute atomic E-state index is 0.0131. The number of methoxy groups -OCH3 is 1. The standard InChI is InChI=1S/C14H18N4O3/c1-17-8-7-16-14(17)5-6-15-10-11-3-4-13(21-2)12(9-11)18(19)20/h3-4,7-9,15H,5-6,10H2,1-2H3. The molecule has 0 fully saturated rings. The predicted octanol–water partition coefficient (Wildman–Crippen LogP) is 1.67. The molecule has 0 aliphatic rings. The first-order valence-electron chi connectivity index (χ1n) is 6.60. The number of ether oxygens (including phenoxy) is 1. The summed E-state index contributed by atoms with van der Waals surface area (Å²) < 4.78 is 6.95. The Hall–Kier alpha value is -2.41. The van der Waals surface area contributed by atoms with Gasteiger partial charge in [0, 0.05) is 45.0 Å². The van der Waals surface area contributed by atoms with Crippen molar-refractivity contribution < 1.29 is 9.66 Å². The predicted molar refractivity (Wildman–Crippen MR) is 78.3 cm³/mol. The van der Waals surface area contributed by atoms with Gasteiger partial charge in [0.15, 0.2) is 5.75 Å². The van der Waals surface area contributed by atoms with Crippen molar-refractivity contribution in [2.45, 2.75) is 13.0 Å². The number of imidazole rings is 1. The van der Waals surface area contributed by atoms with Gasteiger partial charge in [-0.15, -0.1) is 0 Å². The summed E-state index contributed by atoms with van der Waals surface area (Å²) in [6.07, 6.45) is 4.48. The summed E-state index contributed by atoms with van der Waals surface area (Å²) in [4.78, 5) is 14.8. The summed E-state index contributed by atoms with van der Waals surface area (Å²) in [7, 11) is 3.38. The van der Waals surface area contributed by atoms with Gasteiger partial charge in [-0.1, -0.05) is 6.07 Å². The van der Waals surface area contributed by atoms with Crippen molar-refractivity contribution in [2.75, 3.05) is 13.7 Å². The van der Waals surface area contributed by atoms with Crippen LogP contribution in [-0.2, 0) is 20.0 Å². The molecule has 7 heteroatoms. The molecule has 21 heavy (non-hydrogen) atoms. The van der Waals surface area contributed by atoms with E-state index in [0.717, 1.165) is 24.4 Å². The van der Waals surface area contributed by atoms with E-state index in [0.29, 0.717) is 6.54 Å². The molecular formula is C14H18N4O3. The van der Waals surface area contributed by atoms with E-state index in [-0.39, 0.29) is 11.4 Å². The fourth-order valence-electron chi connectivity index (χ4n) is 2.06. The van der Waals surface area contributed by atoms with Gasteiger partial charge in [-0.05, 0) is 11.6 Å². The van der Waals surface area contributed by atoms with Crippen molar-refractivity contribution in [3.05, 3.63) is 52.1 Å². The highest BCUT2D eigenvalue weighted by Crippen LogP contribution is 2.27. The molecule has 1 N–H and O–H groups in total. The lowest BCUT2D eigenvalue weighted by Gasteiger charge is -2.07. The maximum atomic E-state index is 10.9. The third-order valence-corrected chi connectivity index (χ3v) is 3.22. The lowest BCUT2D eigenvalue weighted by Crippen LogP contribution is -2.18. The third-order valence-electron chi connectivity index (χ3n) is 3.22. The zero-order valence-corrected chi connectivity index (χ0v) is 12.1. The molecule has 1 aromatic carbocycles. The van der Waals surface area contributed by atoms with E-state index in [1.165, 1.54) is 13.2 Å². The molecule has 0 saturated heterocycles. The van der Waals surface area contributed by atoms with Crippen molar-refractivity contribution in [1.82, 2.24) is 14.9 Å². The Morgan fingerprint density at radius 3 is 2.90 bits per heavy atom. The van der Waals surface area contributed by atoms with E-state index in [4.69, 9.17) is 4.74 Å². The number of rotatable bonds is 7. The lowest BCUT2D eigenvalue weighted by molar-refractivity contribution is -0.385. The molecule has 112 valence electrons. The molecule has 0 radical (unpaired) electrons. The number of benzene rings is 1. The summed E-state index contributed by atoms with van der Waals surface area (Å²) in [5, 5.41) is 14.2. The summed E-state index contributed by atoms with van der Waals surface area (Å²) >= 11 is 0. The molecule has 0 spiro atoms. The first-order chi connectivity index (χ1) is 10.1. The van der Waals surface area contributed by atoms with Gasteiger partial charge in [-0.3, -0.25) is 10.1 Å². The maximum Gasteiger partial charge on any atom is 0.311 e. The topological polar surface area (TPSA) is 82.2 Å².